The number of nitrogens with one attached hydrogen (secondary N) is 1. The third-order valence-electron chi connectivity index (χ3n) is 3.20. The Kier molecular flexibility index (Phi) is 5.76. The Morgan fingerprint density at radius 3 is 2.12 bits per heavy atom. The van der Waals surface area contributed by atoms with E-state index >= 15 is 0 Å². The van der Waals surface area contributed by atoms with E-state index in [-0.39, 0.29) is 23.4 Å². The molecule has 0 amide bonds. The van der Waals surface area contributed by atoms with E-state index in [2.05, 4.69) is 9.46 Å². The quantitative estimate of drug-likeness (QED) is 0.757. The van der Waals surface area contributed by atoms with Gasteiger partial charge in [-0.1, -0.05) is 12.1 Å². The zero-order valence-corrected chi connectivity index (χ0v) is 14.0. The van der Waals surface area contributed by atoms with Crippen LogP contribution in [0.15, 0.2) is 53.4 Å². The SMILES string of the molecule is O=C(O)CCc1ccc(S(=O)(=O)Nc2ccc(OC(F)(F)F)cc2)cc1. The Morgan fingerprint density at radius 1 is 1.04 bits per heavy atom. The predicted molar refractivity (Wildman–Crippen MR) is 86.3 cm³/mol. The largest absolute Gasteiger partial charge is 0.573 e. The second-order valence-electron chi connectivity index (χ2n) is 5.22. The number of aryl methyl sites for hydroxylation is 1. The lowest BCUT2D eigenvalue weighted by Gasteiger charge is -2.11. The number of sulfonamides is 1. The van der Waals surface area contributed by atoms with Crippen LogP contribution in [0.5, 0.6) is 5.75 Å². The standard InChI is InChI=1S/C16H14F3NO5S/c17-16(18,19)25-13-6-4-12(5-7-13)20-26(23,24)14-8-1-11(2-9-14)3-10-15(21)22/h1-2,4-9,20H,3,10H2,(H,21,22). The number of carboxylic acid groups (broad SMARTS) is 1. The Bertz CT molecular complexity index is 862. The van der Waals surface area contributed by atoms with Crippen LogP contribution in [-0.4, -0.2) is 25.9 Å². The Balaban J connectivity index is 2.07. The summed E-state index contributed by atoms with van der Waals surface area (Å²) in [5.41, 5.74) is 0.731. The summed E-state index contributed by atoms with van der Waals surface area (Å²) in [5, 5.41) is 8.63. The molecule has 0 heterocycles. The van der Waals surface area contributed by atoms with Crippen molar-refractivity contribution >= 4 is 21.7 Å². The highest BCUT2D eigenvalue weighted by molar-refractivity contribution is 7.92. The molecular weight excluding hydrogens is 375 g/mol. The fourth-order valence-corrected chi connectivity index (χ4v) is 3.08. The van der Waals surface area contributed by atoms with Gasteiger partial charge in [0, 0.05) is 12.1 Å². The van der Waals surface area contributed by atoms with E-state index in [1.807, 2.05) is 0 Å². The number of rotatable bonds is 7. The first-order valence-corrected chi connectivity index (χ1v) is 8.73. The molecule has 0 aliphatic heterocycles. The van der Waals surface area contributed by atoms with Gasteiger partial charge in [0.2, 0.25) is 0 Å². The molecule has 0 unspecified atom stereocenters. The van der Waals surface area contributed by atoms with Crippen molar-refractivity contribution in [3.05, 3.63) is 54.1 Å². The summed E-state index contributed by atoms with van der Waals surface area (Å²) in [5.74, 6) is -1.43. The molecule has 0 aliphatic rings. The minimum atomic E-state index is -4.83. The highest BCUT2D eigenvalue weighted by Crippen LogP contribution is 2.25. The molecule has 0 radical (unpaired) electrons. The molecule has 2 rings (SSSR count). The fourth-order valence-electron chi connectivity index (χ4n) is 2.03. The van der Waals surface area contributed by atoms with Crippen molar-refractivity contribution in [2.45, 2.75) is 24.1 Å². The molecule has 10 heteroatoms. The maximum absolute atomic E-state index is 12.3. The zero-order chi connectivity index (χ0) is 19.4. The van der Waals surface area contributed by atoms with Crippen LogP contribution in [0.2, 0.25) is 0 Å². The predicted octanol–water partition coefficient (Wildman–Crippen LogP) is 3.40. The van der Waals surface area contributed by atoms with Crippen LogP contribution in [0.3, 0.4) is 0 Å². The van der Waals surface area contributed by atoms with Gasteiger partial charge in [0.15, 0.2) is 0 Å². The summed E-state index contributed by atoms with van der Waals surface area (Å²) in [6.45, 7) is 0. The average molecular weight is 389 g/mol. The number of benzene rings is 2. The molecule has 26 heavy (non-hydrogen) atoms. The number of aliphatic carboxylic acids is 1. The van der Waals surface area contributed by atoms with Crippen LogP contribution >= 0.6 is 0 Å². The van der Waals surface area contributed by atoms with Crippen LogP contribution < -0.4 is 9.46 Å². The molecular formula is C16H14F3NO5S. The number of carboxylic acids is 1. The lowest BCUT2D eigenvalue weighted by molar-refractivity contribution is -0.274. The van der Waals surface area contributed by atoms with E-state index in [9.17, 15) is 26.4 Å². The maximum atomic E-state index is 12.3. The monoisotopic (exact) mass is 389 g/mol. The molecule has 0 fully saturated rings. The summed E-state index contributed by atoms with van der Waals surface area (Å²) >= 11 is 0. The van der Waals surface area contributed by atoms with E-state index in [1.165, 1.54) is 24.3 Å². The number of hydrogen-bond acceptors (Lipinski definition) is 4. The van der Waals surface area contributed by atoms with Crippen molar-refractivity contribution in [2.75, 3.05) is 4.72 Å². The van der Waals surface area contributed by atoms with Crippen molar-refractivity contribution in [1.82, 2.24) is 0 Å². The zero-order valence-electron chi connectivity index (χ0n) is 13.2. The first kappa shape index (κ1) is 19.6. The van der Waals surface area contributed by atoms with Crippen molar-refractivity contribution in [2.24, 2.45) is 0 Å². The van der Waals surface area contributed by atoms with Crippen LogP contribution in [0.1, 0.15) is 12.0 Å². The first-order chi connectivity index (χ1) is 12.0. The van der Waals surface area contributed by atoms with Crippen molar-refractivity contribution in [1.29, 1.82) is 0 Å². The molecule has 140 valence electrons. The van der Waals surface area contributed by atoms with Gasteiger partial charge in [-0.2, -0.15) is 0 Å². The third kappa shape index (κ3) is 5.96. The number of anilines is 1. The molecule has 2 N–H and O–H groups in total. The summed E-state index contributed by atoms with van der Waals surface area (Å²) in [6.07, 6.45) is -4.64. The summed E-state index contributed by atoms with van der Waals surface area (Å²) in [4.78, 5) is 10.5. The summed E-state index contributed by atoms with van der Waals surface area (Å²) in [7, 11) is -3.94. The third-order valence-corrected chi connectivity index (χ3v) is 4.60. The summed E-state index contributed by atoms with van der Waals surface area (Å²) < 4.78 is 66.8. The van der Waals surface area contributed by atoms with Gasteiger partial charge in [-0.05, 0) is 48.4 Å². The molecule has 0 atom stereocenters. The van der Waals surface area contributed by atoms with Crippen LogP contribution in [0.4, 0.5) is 18.9 Å². The molecule has 0 spiro atoms. The van der Waals surface area contributed by atoms with Crippen molar-refractivity contribution < 1.29 is 36.2 Å². The van der Waals surface area contributed by atoms with E-state index in [4.69, 9.17) is 5.11 Å². The second-order valence-corrected chi connectivity index (χ2v) is 6.90. The van der Waals surface area contributed by atoms with Crippen molar-refractivity contribution in [3.63, 3.8) is 0 Å². The minimum absolute atomic E-state index is 0.0628. The Hall–Kier alpha value is -2.75. The smallest absolute Gasteiger partial charge is 0.481 e. The second kappa shape index (κ2) is 7.65. The number of hydrogen-bond donors (Lipinski definition) is 2. The minimum Gasteiger partial charge on any atom is -0.481 e. The number of carbonyl (C=O) groups is 1. The van der Waals surface area contributed by atoms with Gasteiger partial charge in [-0.3, -0.25) is 9.52 Å². The maximum Gasteiger partial charge on any atom is 0.573 e. The lowest BCUT2D eigenvalue weighted by atomic mass is 10.1. The highest BCUT2D eigenvalue weighted by atomic mass is 32.2. The molecule has 2 aromatic carbocycles. The lowest BCUT2D eigenvalue weighted by Crippen LogP contribution is -2.17. The molecule has 0 bridgehead atoms. The average Bonchev–Trinajstić information content (AvgIpc) is 2.53. The molecule has 0 aromatic heterocycles. The molecule has 0 saturated heterocycles. The first-order valence-electron chi connectivity index (χ1n) is 7.24. The number of ether oxygens (including phenoxy) is 1. The van der Waals surface area contributed by atoms with Crippen LogP contribution in [0, 0.1) is 0 Å². The van der Waals surface area contributed by atoms with Gasteiger partial charge in [0.1, 0.15) is 5.75 Å². The molecule has 2 aromatic rings. The van der Waals surface area contributed by atoms with Gasteiger partial charge in [-0.25, -0.2) is 8.42 Å². The van der Waals surface area contributed by atoms with Crippen molar-refractivity contribution in [3.8, 4) is 5.75 Å². The highest BCUT2D eigenvalue weighted by Gasteiger charge is 2.31. The molecule has 0 aliphatic carbocycles. The van der Waals surface area contributed by atoms with Crippen LogP contribution in [-0.2, 0) is 21.2 Å². The van der Waals surface area contributed by atoms with E-state index < -0.39 is 28.1 Å². The Labute approximate surface area is 147 Å². The molecule has 6 nitrogen and oxygen atoms in total. The van der Waals surface area contributed by atoms with E-state index in [1.54, 1.807) is 0 Å². The summed E-state index contributed by atoms with van der Waals surface area (Å²) in [6, 6.07) is 9.89. The van der Waals surface area contributed by atoms with Gasteiger partial charge < -0.3 is 9.84 Å². The molecule has 0 saturated carbocycles. The number of halogens is 3. The normalized spacial score (nSPS) is 11.8. The van der Waals surface area contributed by atoms with Gasteiger partial charge >= 0.3 is 12.3 Å². The Morgan fingerprint density at radius 2 is 1.62 bits per heavy atom. The van der Waals surface area contributed by atoms with Crippen LogP contribution in [0.25, 0.3) is 0 Å². The van der Waals surface area contributed by atoms with Gasteiger partial charge in [0.25, 0.3) is 10.0 Å². The van der Waals surface area contributed by atoms with Gasteiger partial charge in [0.05, 0.1) is 4.90 Å². The topological polar surface area (TPSA) is 92.7 Å². The fraction of sp³-hybridized carbons (Fsp3) is 0.188. The van der Waals surface area contributed by atoms with Gasteiger partial charge in [-0.15, -0.1) is 13.2 Å². The van der Waals surface area contributed by atoms with E-state index in [0.717, 1.165) is 24.3 Å². The van der Waals surface area contributed by atoms with E-state index in [0.29, 0.717) is 5.56 Å². The number of alkyl halides is 3.